The first-order valence-electron chi connectivity index (χ1n) is 12.0. The van der Waals surface area contributed by atoms with Gasteiger partial charge in [-0.2, -0.15) is 0 Å². The van der Waals surface area contributed by atoms with Gasteiger partial charge >= 0.3 is 23.9 Å². The number of rotatable bonds is 8. The molecule has 16 nitrogen and oxygen atoms in total. The van der Waals surface area contributed by atoms with Gasteiger partial charge in [0, 0.05) is 48.3 Å². The summed E-state index contributed by atoms with van der Waals surface area (Å²) in [6.45, 7) is 1.71. The summed E-state index contributed by atoms with van der Waals surface area (Å²) in [4.78, 5) is 97.7. The zero-order valence-electron chi connectivity index (χ0n) is 21.8. The predicted molar refractivity (Wildman–Crippen MR) is 140 cm³/mol. The fourth-order valence-corrected chi connectivity index (χ4v) is 7.09. The lowest BCUT2D eigenvalue weighted by Crippen LogP contribution is -2.70. The maximum Gasteiger partial charge on any atom is 0.352 e. The van der Waals surface area contributed by atoms with E-state index in [1.807, 2.05) is 11.8 Å². The molecule has 0 radical (unpaired) electrons. The third-order valence-electron chi connectivity index (χ3n) is 6.26. The Labute approximate surface area is 245 Å². The van der Waals surface area contributed by atoms with Crippen LogP contribution < -0.4 is 10.6 Å². The van der Waals surface area contributed by atoms with Gasteiger partial charge in [0.15, 0.2) is 0 Å². The number of thioether (sulfide) groups is 2. The highest BCUT2D eigenvalue weighted by Gasteiger charge is 2.55. The summed E-state index contributed by atoms with van der Waals surface area (Å²) < 4.78 is 9.71. The number of carbonyl (C=O) groups excluding carboxylic acids is 6. The number of fused-ring (bicyclic) bond motifs is 2. The maximum absolute atomic E-state index is 12.7. The Morgan fingerprint density at radius 1 is 0.762 bits per heavy atom. The molecule has 4 N–H and O–H groups in total. The number of hydrogen-bond donors (Lipinski definition) is 4. The summed E-state index contributed by atoms with van der Waals surface area (Å²) in [7, 11) is 0. The minimum absolute atomic E-state index is 0.124. The van der Waals surface area contributed by atoms with Crippen molar-refractivity contribution < 1.29 is 58.0 Å². The molecule has 0 aromatic carbocycles. The maximum atomic E-state index is 12.7. The second-order valence-electron chi connectivity index (χ2n) is 9.05. The van der Waals surface area contributed by atoms with Crippen LogP contribution in [0.25, 0.3) is 0 Å². The Bertz CT molecular complexity index is 1340. The summed E-state index contributed by atoms with van der Waals surface area (Å²) >= 11 is 2.29. The van der Waals surface area contributed by atoms with Crippen molar-refractivity contribution in [3.8, 4) is 11.8 Å². The molecule has 4 aliphatic heterocycles. The highest BCUT2D eigenvalue weighted by molar-refractivity contribution is 8.00. The summed E-state index contributed by atoms with van der Waals surface area (Å²) in [6.07, 6.45) is 0. The Hall–Kier alpha value is -4.50. The van der Waals surface area contributed by atoms with Crippen LogP contribution in [-0.4, -0.2) is 115 Å². The average molecular weight is 623 g/mol. The molecular weight excluding hydrogens is 600 g/mol. The number of hydrogen-bond acceptors (Lipinski definition) is 12. The molecule has 0 aromatic rings. The molecule has 0 unspecified atom stereocenters. The van der Waals surface area contributed by atoms with Crippen molar-refractivity contribution in [2.45, 2.75) is 36.7 Å². The third kappa shape index (κ3) is 5.92. The van der Waals surface area contributed by atoms with Crippen molar-refractivity contribution in [3.63, 3.8) is 0 Å². The van der Waals surface area contributed by atoms with E-state index >= 15 is 0 Å². The van der Waals surface area contributed by atoms with Crippen LogP contribution in [0.4, 0.5) is 0 Å². The van der Waals surface area contributed by atoms with Crippen LogP contribution in [0, 0.1) is 11.8 Å². The van der Waals surface area contributed by atoms with Crippen molar-refractivity contribution in [2.24, 2.45) is 0 Å². The molecule has 2 saturated heterocycles. The van der Waals surface area contributed by atoms with Gasteiger partial charge in [-0.15, -0.1) is 23.5 Å². The third-order valence-corrected chi connectivity index (χ3v) is 8.94. The van der Waals surface area contributed by atoms with Gasteiger partial charge in [-0.25, -0.2) is 9.59 Å². The molecule has 4 aliphatic rings. The van der Waals surface area contributed by atoms with Gasteiger partial charge in [-0.3, -0.25) is 38.6 Å². The summed E-state index contributed by atoms with van der Waals surface area (Å²) in [5, 5.41) is 22.3. The van der Waals surface area contributed by atoms with Crippen molar-refractivity contribution in [1.82, 2.24) is 20.4 Å². The first kappa shape index (κ1) is 30.5. The Morgan fingerprint density at radius 2 is 1.12 bits per heavy atom. The van der Waals surface area contributed by atoms with E-state index < -0.39 is 70.3 Å². The van der Waals surface area contributed by atoms with Crippen LogP contribution in [-0.2, 0) is 47.8 Å². The summed E-state index contributed by atoms with van der Waals surface area (Å²) in [5.74, 6) is -3.23. The quantitative estimate of drug-likeness (QED) is 0.126. The van der Waals surface area contributed by atoms with Crippen molar-refractivity contribution in [1.29, 1.82) is 0 Å². The van der Waals surface area contributed by atoms with Gasteiger partial charge in [0.2, 0.25) is 0 Å². The van der Waals surface area contributed by atoms with E-state index in [1.54, 1.807) is 0 Å². The lowest BCUT2D eigenvalue weighted by atomic mass is 10.0. The lowest BCUT2D eigenvalue weighted by molar-refractivity contribution is -0.150. The predicted octanol–water partition coefficient (Wildman–Crippen LogP) is -2.41. The number of nitrogens with zero attached hydrogens (tertiary/aromatic N) is 2. The fraction of sp³-hybridized carbons (Fsp3) is 0.417. The molecule has 222 valence electrons. The van der Waals surface area contributed by atoms with E-state index in [1.165, 1.54) is 0 Å². The Kier molecular flexibility index (Phi) is 8.82. The fourth-order valence-electron chi connectivity index (χ4n) is 4.43. The molecule has 18 heteroatoms. The lowest BCUT2D eigenvalue weighted by Gasteiger charge is -2.49. The number of β-lactam (4-membered cyclic amide) rings is 2. The first-order valence-corrected chi connectivity index (χ1v) is 14.1. The zero-order valence-corrected chi connectivity index (χ0v) is 23.5. The van der Waals surface area contributed by atoms with Crippen LogP contribution in [0.5, 0.6) is 0 Å². The molecule has 0 aliphatic carbocycles. The molecule has 0 saturated carbocycles. The first-order chi connectivity index (χ1) is 19.8. The van der Waals surface area contributed by atoms with Crippen molar-refractivity contribution >= 4 is 71.0 Å². The van der Waals surface area contributed by atoms with Crippen molar-refractivity contribution in [2.75, 3.05) is 24.7 Å². The van der Waals surface area contributed by atoms with Crippen LogP contribution in [0.3, 0.4) is 0 Å². The number of nitrogens with one attached hydrogen (secondary N) is 2. The number of amides is 4. The molecule has 4 heterocycles. The standard InChI is InChI=1S/C24H22N4O12S2/c1-9(29)39-5-11-7-41-21-15(19(33)27(21)17(11)23(35)36)25-13(31)3-4-14(32)26-16-20(34)28-18(24(37)38)12(6-40-10(2)30)8-42-22(16)28/h15-16,21-22H,5-8H2,1-2H3,(H,25,31)(H,26,32)(H,35,36)(H,37,38)/t15-,16-,21-,22-/m1/s1. The van der Waals surface area contributed by atoms with Gasteiger partial charge in [0.25, 0.3) is 23.6 Å². The molecule has 0 spiro atoms. The normalized spacial score (nSPS) is 24.1. The largest absolute Gasteiger partial charge is 0.477 e. The summed E-state index contributed by atoms with van der Waals surface area (Å²) in [5.41, 5.74) is -0.221. The second-order valence-corrected chi connectivity index (χ2v) is 11.3. The number of ether oxygens (including phenoxy) is 2. The number of carbonyl (C=O) groups is 8. The van der Waals surface area contributed by atoms with Crippen LogP contribution in [0.1, 0.15) is 13.8 Å². The van der Waals surface area contributed by atoms with Gasteiger partial charge < -0.3 is 30.3 Å². The SMILES string of the molecule is CC(=O)OCC1=C(C(=O)O)N2C(=O)[C@@H](NC(=O)C#CC(=O)N[C@@H]3C(=O)N4C(C(=O)O)=C(COC(C)=O)CS[C@H]34)[C@H]2SC1. The molecule has 0 bridgehead atoms. The molecule has 42 heavy (non-hydrogen) atoms. The van der Waals surface area contributed by atoms with E-state index in [0.29, 0.717) is 0 Å². The average Bonchev–Trinajstić information content (AvgIpc) is 2.93. The minimum atomic E-state index is -1.40. The van der Waals surface area contributed by atoms with Gasteiger partial charge in [-0.05, 0) is 0 Å². The van der Waals surface area contributed by atoms with Crippen LogP contribution in [0.2, 0.25) is 0 Å². The molecule has 4 rings (SSSR count). The van der Waals surface area contributed by atoms with E-state index in [9.17, 15) is 48.6 Å². The van der Waals surface area contributed by atoms with Crippen LogP contribution >= 0.6 is 23.5 Å². The Morgan fingerprint density at radius 3 is 1.43 bits per heavy atom. The highest BCUT2D eigenvalue weighted by Crippen LogP contribution is 2.41. The highest BCUT2D eigenvalue weighted by atomic mass is 32.2. The van der Waals surface area contributed by atoms with E-state index in [2.05, 4.69) is 10.6 Å². The smallest absolute Gasteiger partial charge is 0.352 e. The molecule has 0 aromatic heterocycles. The molecule has 4 amide bonds. The van der Waals surface area contributed by atoms with E-state index in [4.69, 9.17) is 9.47 Å². The number of carboxylic acid groups (broad SMARTS) is 2. The number of carboxylic acids is 2. The van der Waals surface area contributed by atoms with E-state index in [-0.39, 0.29) is 47.3 Å². The number of esters is 2. The summed E-state index contributed by atoms with van der Waals surface area (Å²) in [6, 6.07) is -2.24. The second kappa shape index (κ2) is 12.2. The Balaban J connectivity index is 1.34. The molecular formula is C24H22N4O12S2. The van der Waals surface area contributed by atoms with Crippen LogP contribution in [0.15, 0.2) is 22.5 Å². The van der Waals surface area contributed by atoms with Crippen molar-refractivity contribution in [3.05, 3.63) is 22.5 Å². The number of aliphatic carboxylic acids is 2. The van der Waals surface area contributed by atoms with Gasteiger partial charge in [0.05, 0.1) is 0 Å². The van der Waals surface area contributed by atoms with Gasteiger partial charge in [0.1, 0.15) is 47.4 Å². The van der Waals surface area contributed by atoms with Gasteiger partial charge in [-0.1, -0.05) is 0 Å². The topological polar surface area (TPSA) is 226 Å². The molecule has 4 atom stereocenters. The van der Waals surface area contributed by atoms with E-state index in [0.717, 1.165) is 47.2 Å². The minimum Gasteiger partial charge on any atom is -0.477 e. The molecule has 2 fully saturated rings. The monoisotopic (exact) mass is 622 g/mol. The zero-order chi connectivity index (χ0) is 30.9.